The SMILES string of the molecule is O=C1Nc2ccccc2C1(O)c1occc1Br. The zero-order valence-electron chi connectivity index (χ0n) is 8.61. The van der Waals surface area contributed by atoms with E-state index in [0.29, 0.717) is 15.7 Å². The molecule has 1 aliphatic rings. The van der Waals surface area contributed by atoms with Gasteiger partial charge in [0.1, 0.15) is 0 Å². The molecule has 5 heteroatoms. The third kappa shape index (κ3) is 1.29. The van der Waals surface area contributed by atoms with Crippen molar-refractivity contribution in [3.8, 4) is 0 Å². The van der Waals surface area contributed by atoms with Gasteiger partial charge in [-0.3, -0.25) is 4.79 Å². The van der Waals surface area contributed by atoms with Crippen molar-refractivity contribution in [1.29, 1.82) is 0 Å². The van der Waals surface area contributed by atoms with Crippen LogP contribution in [0.25, 0.3) is 0 Å². The number of furan rings is 1. The Morgan fingerprint density at radius 1 is 1.29 bits per heavy atom. The molecule has 3 rings (SSSR count). The van der Waals surface area contributed by atoms with Crippen LogP contribution in [0.1, 0.15) is 11.3 Å². The number of nitrogens with one attached hydrogen (secondary N) is 1. The summed E-state index contributed by atoms with van der Waals surface area (Å²) in [6.45, 7) is 0. The highest BCUT2D eigenvalue weighted by Crippen LogP contribution is 2.43. The minimum absolute atomic E-state index is 0.194. The fourth-order valence-electron chi connectivity index (χ4n) is 2.02. The van der Waals surface area contributed by atoms with Gasteiger partial charge < -0.3 is 14.8 Å². The van der Waals surface area contributed by atoms with Crippen molar-refractivity contribution in [2.75, 3.05) is 5.32 Å². The van der Waals surface area contributed by atoms with Crippen LogP contribution in [-0.2, 0) is 10.4 Å². The zero-order valence-corrected chi connectivity index (χ0v) is 10.2. The number of aliphatic hydroxyl groups is 1. The van der Waals surface area contributed by atoms with Crippen LogP contribution in [0.4, 0.5) is 5.69 Å². The Labute approximate surface area is 105 Å². The van der Waals surface area contributed by atoms with Crippen molar-refractivity contribution >= 4 is 27.5 Å². The van der Waals surface area contributed by atoms with Crippen LogP contribution in [-0.4, -0.2) is 11.0 Å². The number of hydrogen-bond donors (Lipinski definition) is 2. The van der Waals surface area contributed by atoms with Gasteiger partial charge in [0, 0.05) is 11.3 Å². The molecule has 1 amide bonds. The minimum Gasteiger partial charge on any atom is -0.464 e. The molecule has 0 fully saturated rings. The fourth-order valence-corrected chi connectivity index (χ4v) is 2.51. The molecule has 0 saturated carbocycles. The van der Waals surface area contributed by atoms with Gasteiger partial charge in [-0.2, -0.15) is 0 Å². The molecule has 0 spiro atoms. The first kappa shape index (κ1) is 10.6. The Morgan fingerprint density at radius 3 is 2.76 bits per heavy atom. The first-order valence-electron chi connectivity index (χ1n) is 5.01. The smallest absolute Gasteiger partial charge is 0.269 e. The molecule has 0 saturated heterocycles. The molecule has 86 valence electrons. The van der Waals surface area contributed by atoms with Gasteiger partial charge in [0.15, 0.2) is 5.76 Å². The molecule has 0 aliphatic carbocycles. The molecule has 0 bridgehead atoms. The molecule has 0 radical (unpaired) electrons. The number of para-hydroxylation sites is 1. The van der Waals surface area contributed by atoms with E-state index in [1.54, 1.807) is 30.3 Å². The van der Waals surface area contributed by atoms with Gasteiger partial charge in [-0.15, -0.1) is 0 Å². The molecule has 2 aromatic rings. The van der Waals surface area contributed by atoms with Crippen molar-refractivity contribution < 1.29 is 14.3 Å². The van der Waals surface area contributed by atoms with Crippen LogP contribution in [0, 0.1) is 0 Å². The average Bonchev–Trinajstić information content (AvgIpc) is 2.84. The fraction of sp³-hybridized carbons (Fsp3) is 0.0833. The largest absolute Gasteiger partial charge is 0.464 e. The summed E-state index contributed by atoms with van der Waals surface area (Å²) in [5.74, 6) is -0.311. The summed E-state index contributed by atoms with van der Waals surface area (Å²) in [5, 5.41) is 13.3. The first-order chi connectivity index (χ1) is 8.14. The van der Waals surface area contributed by atoms with Crippen LogP contribution in [0.15, 0.2) is 45.5 Å². The van der Waals surface area contributed by atoms with Crippen molar-refractivity contribution in [2.24, 2.45) is 0 Å². The second-order valence-corrected chi connectivity index (χ2v) is 4.66. The second kappa shape index (κ2) is 3.45. The van der Waals surface area contributed by atoms with Crippen LogP contribution < -0.4 is 5.32 Å². The summed E-state index contributed by atoms with van der Waals surface area (Å²) in [7, 11) is 0. The lowest BCUT2D eigenvalue weighted by atomic mass is 9.93. The van der Waals surface area contributed by atoms with E-state index in [2.05, 4.69) is 21.2 Å². The minimum atomic E-state index is -1.76. The Morgan fingerprint density at radius 2 is 2.06 bits per heavy atom. The molecule has 17 heavy (non-hydrogen) atoms. The molecule has 4 nitrogen and oxygen atoms in total. The van der Waals surface area contributed by atoms with Crippen molar-refractivity contribution in [2.45, 2.75) is 5.60 Å². The summed E-state index contributed by atoms with van der Waals surface area (Å²) < 4.78 is 5.78. The Hall–Kier alpha value is -1.59. The standard InChI is InChI=1S/C12H8BrNO3/c13-8-5-6-17-10(8)12(16)7-3-1-2-4-9(7)14-11(12)15/h1-6,16H,(H,14,15). The van der Waals surface area contributed by atoms with Gasteiger partial charge >= 0.3 is 0 Å². The molecule has 1 aromatic heterocycles. The topological polar surface area (TPSA) is 62.5 Å². The number of carbonyl (C=O) groups is 1. The number of halogens is 1. The summed E-state index contributed by atoms with van der Waals surface area (Å²) >= 11 is 3.26. The highest BCUT2D eigenvalue weighted by molar-refractivity contribution is 9.10. The predicted molar refractivity (Wildman–Crippen MR) is 64.5 cm³/mol. The maximum atomic E-state index is 12.0. The summed E-state index contributed by atoms with van der Waals surface area (Å²) in [6.07, 6.45) is 1.42. The lowest BCUT2D eigenvalue weighted by Gasteiger charge is -2.18. The zero-order chi connectivity index (χ0) is 12.0. The van der Waals surface area contributed by atoms with E-state index in [-0.39, 0.29) is 5.76 Å². The van der Waals surface area contributed by atoms with Gasteiger partial charge in [-0.25, -0.2) is 0 Å². The van der Waals surface area contributed by atoms with E-state index in [9.17, 15) is 9.90 Å². The third-order valence-corrected chi connectivity index (χ3v) is 3.46. The van der Waals surface area contributed by atoms with E-state index in [1.165, 1.54) is 6.26 Å². The predicted octanol–water partition coefficient (Wildman–Crippen LogP) is 2.23. The molecular formula is C12H8BrNO3. The number of hydrogen-bond acceptors (Lipinski definition) is 3. The lowest BCUT2D eigenvalue weighted by molar-refractivity contribution is -0.131. The van der Waals surface area contributed by atoms with Gasteiger partial charge in [-0.05, 0) is 28.1 Å². The highest BCUT2D eigenvalue weighted by Gasteiger charge is 2.50. The van der Waals surface area contributed by atoms with Gasteiger partial charge in [0.2, 0.25) is 5.60 Å². The molecular weight excluding hydrogens is 286 g/mol. The van der Waals surface area contributed by atoms with Gasteiger partial charge in [0.25, 0.3) is 5.91 Å². The third-order valence-electron chi connectivity index (χ3n) is 2.84. The Bertz CT molecular complexity index is 607. The number of benzene rings is 1. The Kier molecular flexibility index (Phi) is 2.14. The van der Waals surface area contributed by atoms with E-state index in [4.69, 9.17) is 4.42 Å². The molecule has 1 atom stereocenters. The average molecular weight is 294 g/mol. The summed E-state index contributed by atoms with van der Waals surface area (Å²) in [6, 6.07) is 8.63. The maximum Gasteiger partial charge on any atom is 0.269 e. The van der Waals surface area contributed by atoms with E-state index < -0.39 is 11.5 Å². The van der Waals surface area contributed by atoms with Crippen molar-refractivity contribution in [1.82, 2.24) is 0 Å². The highest BCUT2D eigenvalue weighted by atomic mass is 79.9. The van der Waals surface area contributed by atoms with Gasteiger partial charge in [-0.1, -0.05) is 18.2 Å². The summed E-state index contributed by atoms with van der Waals surface area (Å²) in [4.78, 5) is 12.0. The number of amides is 1. The van der Waals surface area contributed by atoms with Crippen LogP contribution in [0.2, 0.25) is 0 Å². The number of anilines is 1. The normalized spacial score (nSPS) is 22.4. The van der Waals surface area contributed by atoms with Crippen molar-refractivity contribution in [3.05, 3.63) is 52.4 Å². The molecule has 1 aromatic carbocycles. The lowest BCUT2D eigenvalue weighted by Crippen LogP contribution is -2.35. The molecule has 1 aliphatic heterocycles. The second-order valence-electron chi connectivity index (χ2n) is 3.81. The molecule has 1 unspecified atom stereocenters. The van der Waals surface area contributed by atoms with Crippen LogP contribution >= 0.6 is 15.9 Å². The number of rotatable bonds is 1. The van der Waals surface area contributed by atoms with E-state index in [0.717, 1.165) is 0 Å². The number of fused-ring (bicyclic) bond motifs is 1. The monoisotopic (exact) mass is 293 g/mol. The quantitative estimate of drug-likeness (QED) is 0.847. The first-order valence-corrected chi connectivity index (χ1v) is 5.80. The maximum absolute atomic E-state index is 12.0. The Balaban J connectivity index is 2.27. The molecule has 2 N–H and O–H groups in total. The molecule has 2 heterocycles. The van der Waals surface area contributed by atoms with E-state index in [1.807, 2.05) is 0 Å². The van der Waals surface area contributed by atoms with E-state index >= 15 is 0 Å². The van der Waals surface area contributed by atoms with Crippen molar-refractivity contribution in [3.63, 3.8) is 0 Å². The number of carbonyl (C=O) groups excluding carboxylic acids is 1. The van der Waals surface area contributed by atoms with Crippen LogP contribution in [0.5, 0.6) is 0 Å². The van der Waals surface area contributed by atoms with Crippen LogP contribution in [0.3, 0.4) is 0 Å². The summed E-state index contributed by atoms with van der Waals surface area (Å²) in [5.41, 5.74) is -0.664. The van der Waals surface area contributed by atoms with Gasteiger partial charge in [0.05, 0.1) is 10.7 Å².